The van der Waals surface area contributed by atoms with Crippen molar-refractivity contribution in [3.8, 4) is 0 Å². The second-order valence-corrected chi connectivity index (χ2v) is 5.24. The number of alkyl halides is 3. The lowest BCUT2D eigenvalue weighted by Gasteiger charge is -2.09. The third kappa shape index (κ3) is 3.20. The van der Waals surface area contributed by atoms with Crippen LogP contribution in [0.1, 0.15) is 16.1 Å². The normalized spacial score (nSPS) is 11.5. The van der Waals surface area contributed by atoms with Gasteiger partial charge in [0, 0.05) is 0 Å². The summed E-state index contributed by atoms with van der Waals surface area (Å²) < 4.78 is 41.8. The fourth-order valence-corrected chi connectivity index (χ4v) is 2.64. The molecule has 19 heavy (non-hydrogen) atoms. The molecule has 0 spiro atoms. The number of rotatable bonds is 3. The Morgan fingerprint density at radius 3 is 2.63 bits per heavy atom. The number of nitrogens with two attached hydrogens (primary N) is 1. The van der Waals surface area contributed by atoms with Crippen LogP contribution in [0.4, 0.5) is 13.2 Å². The molecule has 0 aliphatic heterocycles. The number of carbonyl (C=O) groups is 1. The van der Waals surface area contributed by atoms with Crippen LogP contribution in [0.5, 0.6) is 0 Å². The first-order chi connectivity index (χ1) is 8.88. The predicted molar refractivity (Wildman–Crippen MR) is 61.8 cm³/mol. The average Bonchev–Trinajstić information content (AvgIpc) is 2.80. The molecule has 0 aliphatic rings. The molecule has 0 saturated heterocycles. The van der Waals surface area contributed by atoms with Crippen molar-refractivity contribution in [1.29, 1.82) is 0 Å². The van der Waals surface area contributed by atoms with Crippen LogP contribution in [-0.4, -0.2) is 20.2 Å². The summed E-state index contributed by atoms with van der Waals surface area (Å²) in [5, 5.41) is -0.140. The molecule has 100 valence electrons. The molecular formula is C9H5F3N4OS2. The van der Waals surface area contributed by atoms with E-state index in [9.17, 15) is 18.0 Å². The summed E-state index contributed by atoms with van der Waals surface area (Å²) in [6.45, 7) is 0. The van der Waals surface area contributed by atoms with E-state index < -0.39 is 17.8 Å². The van der Waals surface area contributed by atoms with Gasteiger partial charge in [0.2, 0.25) is 0 Å². The van der Waals surface area contributed by atoms with Gasteiger partial charge in [-0.15, -0.1) is 0 Å². The molecule has 0 bridgehead atoms. The van der Waals surface area contributed by atoms with Gasteiger partial charge in [-0.2, -0.15) is 17.5 Å². The van der Waals surface area contributed by atoms with Crippen molar-refractivity contribution in [2.45, 2.75) is 15.5 Å². The molecule has 0 saturated carbocycles. The number of aromatic nitrogens is 3. The van der Waals surface area contributed by atoms with E-state index in [0.29, 0.717) is 10.4 Å². The van der Waals surface area contributed by atoms with Crippen LogP contribution in [0.2, 0.25) is 0 Å². The molecule has 2 rings (SSSR count). The Balaban J connectivity index is 2.45. The first-order valence-electron chi connectivity index (χ1n) is 4.70. The fraction of sp³-hybridized carbons (Fsp3) is 0.111. The molecule has 2 heterocycles. The molecule has 10 heteroatoms. The minimum Gasteiger partial charge on any atom is -0.366 e. The van der Waals surface area contributed by atoms with Crippen molar-refractivity contribution in [3.63, 3.8) is 0 Å². The Labute approximate surface area is 113 Å². The summed E-state index contributed by atoms with van der Waals surface area (Å²) >= 11 is 1.79. The van der Waals surface area contributed by atoms with Crippen LogP contribution in [0, 0.1) is 0 Å². The van der Waals surface area contributed by atoms with Crippen molar-refractivity contribution < 1.29 is 18.0 Å². The molecule has 5 nitrogen and oxygen atoms in total. The van der Waals surface area contributed by atoms with Gasteiger partial charge in [0.05, 0.1) is 5.56 Å². The van der Waals surface area contributed by atoms with E-state index in [-0.39, 0.29) is 10.6 Å². The lowest BCUT2D eigenvalue weighted by molar-refractivity contribution is -0.141. The molecule has 1 amide bonds. The number of hydrogen-bond acceptors (Lipinski definition) is 6. The van der Waals surface area contributed by atoms with E-state index in [1.165, 1.54) is 6.33 Å². The Morgan fingerprint density at radius 1 is 1.37 bits per heavy atom. The van der Waals surface area contributed by atoms with Gasteiger partial charge in [0.1, 0.15) is 17.0 Å². The number of halogens is 3. The lowest BCUT2D eigenvalue weighted by atomic mass is 10.2. The van der Waals surface area contributed by atoms with Crippen LogP contribution in [-0.2, 0) is 6.18 Å². The van der Waals surface area contributed by atoms with E-state index in [4.69, 9.17) is 5.73 Å². The summed E-state index contributed by atoms with van der Waals surface area (Å²) in [4.78, 5) is 18.4. The summed E-state index contributed by atoms with van der Waals surface area (Å²) in [5.74, 6) is -0.853. The lowest BCUT2D eigenvalue weighted by Crippen LogP contribution is -2.16. The van der Waals surface area contributed by atoms with Gasteiger partial charge in [0.15, 0.2) is 4.34 Å². The highest BCUT2D eigenvalue weighted by Crippen LogP contribution is 2.33. The highest BCUT2D eigenvalue weighted by Gasteiger charge is 2.33. The fourth-order valence-electron chi connectivity index (χ4n) is 1.15. The molecular weight excluding hydrogens is 301 g/mol. The minimum atomic E-state index is -4.59. The zero-order chi connectivity index (χ0) is 14.0. The molecule has 2 aromatic heterocycles. The quantitative estimate of drug-likeness (QED) is 0.940. The second kappa shape index (κ2) is 5.13. The average molecular weight is 306 g/mol. The van der Waals surface area contributed by atoms with Gasteiger partial charge in [-0.05, 0) is 35.4 Å². The van der Waals surface area contributed by atoms with Crippen LogP contribution < -0.4 is 5.73 Å². The standard InChI is InChI=1S/C9H5F3N4OS2/c10-9(11,12)5-2-1-4(6(13)17)7(16-5)18-8-14-3-15-19-8/h1-3H,(H2,13,17). The summed E-state index contributed by atoms with van der Waals surface area (Å²) in [6.07, 6.45) is -3.34. The molecule has 0 fully saturated rings. The Hall–Kier alpha value is -1.68. The number of hydrogen-bond donors (Lipinski definition) is 1. The molecule has 2 aromatic rings. The first kappa shape index (κ1) is 13.7. The van der Waals surface area contributed by atoms with Crippen LogP contribution >= 0.6 is 23.3 Å². The van der Waals surface area contributed by atoms with Crippen LogP contribution in [0.25, 0.3) is 0 Å². The van der Waals surface area contributed by atoms with Crippen LogP contribution in [0.3, 0.4) is 0 Å². The maximum atomic E-state index is 12.6. The summed E-state index contributed by atoms with van der Waals surface area (Å²) in [5.41, 5.74) is 3.91. The molecule has 0 aliphatic carbocycles. The van der Waals surface area contributed by atoms with E-state index >= 15 is 0 Å². The molecule has 0 aromatic carbocycles. The predicted octanol–water partition coefficient (Wildman–Crippen LogP) is 2.20. The maximum absolute atomic E-state index is 12.6. The largest absolute Gasteiger partial charge is 0.433 e. The Bertz CT molecular complexity index is 600. The number of nitrogens with zero attached hydrogens (tertiary/aromatic N) is 3. The van der Waals surface area contributed by atoms with Crippen LogP contribution in [0.15, 0.2) is 27.8 Å². The Kier molecular flexibility index (Phi) is 3.71. The smallest absolute Gasteiger partial charge is 0.366 e. The van der Waals surface area contributed by atoms with Crippen molar-refractivity contribution in [1.82, 2.24) is 14.3 Å². The third-order valence-corrected chi connectivity index (χ3v) is 3.66. The number of carbonyl (C=O) groups excluding carboxylic acids is 1. The number of primary amides is 1. The molecule has 0 radical (unpaired) electrons. The minimum absolute atomic E-state index is 0.0896. The van der Waals surface area contributed by atoms with E-state index in [0.717, 1.165) is 29.4 Å². The summed E-state index contributed by atoms with van der Waals surface area (Å²) in [6, 6.07) is 1.71. The molecule has 0 unspecified atom stereocenters. The SMILES string of the molecule is NC(=O)c1ccc(C(F)(F)F)nc1Sc1ncns1. The van der Waals surface area contributed by atoms with E-state index in [1.807, 2.05) is 0 Å². The van der Waals surface area contributed by atoms with Gasteiger partial charge in [-0.1, -0.05) is 0 Å². The number of pyridine rings is 1. The van der Waals surface area contributed by atoms with Crippen molar-refractivity contribution in [2.75, 3.05) is 0 Å². The molecule has 2 N–H and O–H groups in total. The van der Waals surface area contributed by atoms with Crippen molar-refractivity contribution in [3.05, 3.63) is 29.7 Å². The maximum Gasteiger partial charge on any atom is 0.433 e. The topological polar surface area (TPSA) is 81.8 Å². The third-order valence-electron chi connectivity index (χ3n) is 1.94. The van der Waals surface area contributed by atoms with Gasteiger partial charge in [-0.25, -0.2) is 9.97 Å². The van der Waals surface area contributed by atoms with E-state index in [2.05, 4.69) is 14.3 Å². The van der Waals surface area contributed by atoms with Gasteiger partial charge >= 0.3 is 6.18 Å². The van der Waals surface area contributed by atoms with E-state index in [1.54, 1.807) is 0 Å². The van der Waals surface area contributed by atoms with Gasteiger partial charge in [-0.3, -0.25) is 4.79 Å². The highest BCUT2D eigenvalue weighted by atomic mass is 32.2. The molecule has 0 atom stereocenters. The summed E-state index contributed by atoms with van der Waals surface area (Å²) in [7, 11) is 0. The monoisotopic (exact) mass is 306 g/mol. The highest BCUT2D eigenvalue weighted by molar-refractivity contribution is 8.01. The zero-order valence-corrected chi connectivity index (χ0v) is 10.6. The zero-order valence-electron chi connectivity index (χ0n) is 9.01. The van der Waals surface area contributed by atoms with Gasteiger partial charge < -0.3 is 5.73 Å². The van der Waals surface area contributed by atoms with Crippen molar-refractivity contribution >= 4 is 29.2 Å². The number of amides is 1. The first-order valence-corrected chi connectivity index (χ1v) is 6.29. The Morgan fingerprint density at radius 2 is 2.11 bits per heavy atom. The van der Waals surface area contributed by atoms with Crippen molar-refractivity contribution in [2.24, 2.45) is 5.73 Å². The second-order valence-electron chi connectivity index (χ2n) is 3.22. The van der Waals surface area contributed by atoms with Gasteiger partial charge in [0.25, 0.3) is 5.91 Å².